The molecule has 0 bridgehead atoms. The van der Waals surface area contributed by atoms with Gasteiger partial charge in [0.2, 0.25) is 5.91 Å². The second-order valence-electron chi connectivity index (χ2n) is 4.99. The van der Waals surface area contributed by atoms with E-state index in [1.54, 1.807) is 0 Å². The molecule has 3 aromatic rings. The van der Waals surface area contributed by atoms with Crippen LogP contribution in [0.15, 0.2) is 72.4 Å². The summed E-state index contributed by atoms with van der Waals surface area (Å²) < 4.78 is 2.07. The summed E-state index contributed by atoms with van der Waals surface area (Å²) in [6.07, 6.45) is 1.84. The molecule has 4 nitrogen and oxygen atoms in total. The fraction of sp³-hybridized carbons (Fsp3) is 0.111. The molecule has 0 atom stereocenters. The first-order valence-corrected chi connectivity index (χ1v) is 8.30. The lowest BCUT2D eigenvalue weighted by Gasteiger charge is -2.07. The van der Waals surface area contributed by atoms with E-state index in [-0.39, 0.29) is 5.91 Å². The number of fused-ring (bicyclic) bond motifs is 1. The Labute approximate surface area is 139 Å². The minimum atomic E-state index is -0.0431. The molecule has 0 spiro atoms. The molecule has 116 valence electrons. The molecule has 0 aliphatic rings. The molecule has 5 heteroatoms. The number of para-hydroxylation sites is 3. The molecule has 0 radical (unpaired) electrons. The number of nitrogens with zero attached hydrogens (tertiary/aromatic N) is 2. The van der Waals surface area contributed by atoms with Crippen LogP contribution in [0, 0.1) is 0 Å². The highest BCUT2D eigenvalue weighted by Crippen LogP contribution is 2.24. The molecular weight excluding hydrogens is 306 g/mol. The van der Waals surface area contributed by atoms with Crippen LogP contribution in [0.3, 0.4) is 0 Å². The number of allylic oxidation sites excluding steroid dienone is 1. The Bertz CT molecular complexity index is 827. The molecule has 0 saturated heterocycles. The van der Waals surface area contributed by atoms with Crippen LogP contribution < -0.4 is 5.32 Å². The Hall–Kier alpha value is -2.53. The predicted molar refractivity (Wildman–Crippen MR) is 95.7 cm³/mol. The molecule has 1 aromatic heterocycles. The van der Waals surface area contributed by atoms with Gasteiger partial charge in [0.15, 0.2) is 5.16 Å². The Balaban J connectivity index is 1.72. The lowest BCUT2D eigenvalue weighted by molar-refractivity contribution is -0.113. The summed E-state index contributed by atoms with van der Waals surface area (Å²) in [5.74, 6) is 0.272. The number of imidazole rings is 1. The van der Waals surface area contributed by atoms with Crippen molar-refractivity contribution < 1.29 is 4.79 Å². The zero-order valence-corrected chi connectivity index (χ0v) is 13.4. The molecule has 0 unspecified atom stereocenters. The van der Waals surface area contributed by atoms with Crippen molar-refractivity contribution in [1.29, 1.82) is 0 Å². The van der Waals surface area contributed by atoms with Crippen LogP contribution >= 0.6 is 11.8 Å². The number of carbonyl (C=O) groups excluding carboxylic acids is 1. The predicted octanol–water partition coefficient (Wildman–Crippen LogP) is 3.95. The summed E-state index contributed by atoms with van der Waals surface area (Å²) in [4.78, 5) is 16.7. The van der Waals surface area contributed by atoms with Gasteiger partial charge in [-0.15, -0.1) is 6.58 Å². The van der Waals surface area contributed by atoms with Gasteiger partial charge >= 0.3 is 0 Å². The summed E-state index contributed by atoms with van der Waals surface area (Å²) in [5, 5.41) is 3.71. The second-order valence-corrected chi connectivity index (χ2v) is 5.93. The first-order valence-electron chi connectivity index (χ1n) is 7.32. The molecule has 0 saturated carbocycles. The highest BCUT2D eigenvalue weighted by Gasteiger charge is 2.12. The number of benzene rings is 2. The van der Waals surface area contributed by atoms with Gasteiger partial charge in [0, 0.05) is 12.2 Å². The number of hydrogen-bond acceptors (Lipinski definition) is 3. The van der Waals surface area contributed by atoms with Gasteiger partial charge in [-0.05, 0) is 24.3 Å². The van der Waals surface area contributed by atoms with E-state index < -0.39 is 0 Å². The number of amides is 1. The van der Waals surface area contributed by atoms with Crippen molar-refractivity contribution in [2.75, 3.05) is 11.1 Å². The Morgan fingerprint density at radius 3 is 2.70 bits per heavy atom. The summed E-state index contributed by atoms with van der Waals surface area (Å²) in [6, 6.07) is 17.4. The van der Waals surface area contributed by atoms with E-state index in [1.165, 1.54) is 11.8 Å². The van der Waals surface area contributed by atoms with Gasteiger partial charge in [-0.1, -0.05) is 48.2 Å². The van der Waals surface area contributed by atoms with E-state index in [0.717, 1.165) is 21.9 Å². The number of anilines is 1. The van der Waals surface area contributed by atoms with Gasteiger partial charge < -0.3 is 9.88 Å². The molecular formula is C18H17N3OS. The fourth-order valence-electron chi connectivity index (χ4n) is 2.32. The van der Waals surface area contributed by atoms with E-state index >= 15 is 0 Å². The third-order valence-electron chi connectivity index (χ3n) is 3.32. The highest BCUT2D eigenvalue weighted by atomic mass is 32.2. The van der Waals surface area contributed by atoms with Crippen LogP contribution in [0.2, 0.25) is 0 Å². The molecule has 1 N–H and O–H groups in total. The van der Waals surface area contributed by atoms with E-state index in [4.69, 9.17) is 0 Å². The highest BCUT2D eigenvalue weighted by molar-refractivity contribution is 7.99. The van der Waals surface area contributed by atoms with Gasteiger partial charge in [-0.3, -0.25) is 4.79 Å². The molecule has 2 aromatic carbocycles. The number of rotatable bonds is 6. The summed E-state index contributed by atoms with van der Waals surface area (Å²) in [6.45, 7) is 4.47. The van der Waals surface area contributed by atoms with Crippen LogP contribution in [-0.2, 0) is 11.3 Å². The summed E-state index contributed by atoms with van der Waals surface area (Å²) in [7, 11) is 0. The second kappa shape index (κ2) is 7.15. The largest absolute Gasteiger partial charge is 0.325 e. The van der Waals surface area contributed by atoms with Crippen LogP contribution in [0.1, 0.15) is 0 Å². The van der Waals surface area contributed by atoms with E-state index in [2.05, 4.69) is 21.4 Å². The molecule has 23 heavy (non-hydrogen) atoms. The van der Waals surface area contributed by atoms with Crippen molar-refractivity contribution in [1.82, 2.24) is 9.55 Å². The standard InChI is InChI=1S/C18H17N3OS/c1-2-12-21-16-11-7-6-10-15(16)20-18(21)23-13-17(22)19-14-8-4-3-5-9-14/h2-11H,1,12-13H2,(H,19,22). The Morgan fingerprint density at radius 2 is 1.91 bits per heavy atom. The molecule has 0 aliphatic heterocycles. The van der Waals surface area contributed by atoms with Gasteiger partial charge in [0.1, 0.15) is 0 Å². The fourth-order valence-corrected chi connectivity index (χ4v) is 3.14. The van der Waals surface area contributed by atoms with Gasteiger partial charge in [-0.2, -0.15) is 0 Å². The number of thioether (sulfide) groups is 1. The molecule has 0 aliphatic carbocycles. The first-order chi connectivity index (χ1) is 11.3. The van der Waals surface area contributed by atoms with Crippen LogP contribution in [0.25, 0.3) is 11.0 Å². The van der Waals surface area contributed by atoms with E-state index in [9.17, 15) is 4.79 Å². The zero-order chi connectivity index (χ0) is 16.1. The Kier molecular flexibility index (Phi) is 4.78. The van der Waals surface area contributed by atoms with Crippen molar-refractivity contribution in [2.24, 2.45) is 0 Å². The maximum atomic E-state index is 12.1. The van der Waals surface area contributed by atoms with Gasteiger partial charge in [0.05, 0.1) is 16.8 Å². The third-order valence-corrected chi connectivity index (χ3v) is 4.30. The van der Waals surface area contributed by atoms with Crippen LogP contribution in [0.4, 0.5) is 5.69 Å². The van der Waals surface area contributed by atoms with E-state index in [1.807, 2.05) is 60.7 Å². The minimum Gasteiger partial charge on any atom is -0.325 e. The molecule has 0 fully saturated rings. The maximum Gasteiger partial charge on any atom is 0.234 e. The number of carbonyl (C=O) groups is 1. The lowest BCUT2D eigenvalue weighted by atomic mass is 10.3. The number of aromatic nitrogens is 2. The lowest BCUT2D eigenvalue weighted by Crippen LogP contribution is -2.14. The van der Waals surface area contributed by atoms with Gasteiger partial charge in [-0.25, -0.2) is 4.98 Å². The number of nitrogens with one attached hydrogen (secondary N) is 1. The maximum absolute atomic E-state index is 12.1. The van der Waals surface area contributed by atoms with Crippen molar-refractivity contribution in [2.45, 2.75) is 11.7 Å². The van der Waals surface area contributed by atoms with Gasteiger partial charge in [0.25, 0.3) is 0 Å². The normalized spacial score (nSPS) is 10.6. The van der Waals surface area contributed by atoms with Crippen molar-refractivity contribution in [3.8, 4) is 0 Å². The minimum absolute atomic E-state index is 0.0431. The molecule has 1 heterocycles. The summed E-state index contributed by atoms with van der Waals surface area (Å²) in [5.41, 5.74) is 2.79. The monoisotopic (exact) mass is 323 g/mol. The average Bonchev–Trinajstić information content (AvgIpc) is 2.92. The quantitative estimate of drug-likeness (QED) is 0.552. The zero-order valence-electron chi connectivity index (χ0n) is 12.6. The topological polar surface area (TPSA) is 46.9 Å². The number of hydrogen-bond donors (Lipinski definition) is 1. The third kappa shape index (κ3) is 3.63. The van der Waals surface area contributed by atoms with Crippen LogP contribution in [-0.4, -0.2) is 21.2 Å². The smallest absolute Gasteiger partial charge is 0.234 e. The first kappa shape index (κ1) is 15.4. The van der Waals surface area contributed by atoms with Crippen LogP contribution in [0.5, 0.6) is 0 Å². The summed E-state index contributed by atoms with van der Waals surface area (Å²) >= 11 is 1.43. The molecule has 1 amide bonds. The van der Waals surface area contributed by atoms with Crippen molar-refractivity contribution in [3.63, 3.8) is 0 Å². The van der Waals surface area contributed by atoms with Crippen molar-refractivity contribution in [3.05, 3.63) is 67.3 Å². The Morgan fingerprint density at radius 1 is 1.17 bits per heavy atom. The SMILES string of the molecule is C=CCn1c(SCC(=O)Nc2ccccc2)nc2ccccc21. The molecule has 3 rings (SSSR count). The van der Waals surface area contributed by atoms with Crippen molar-refractivity contribution >= 4 is 34.4 Å². The van der Waals surface area contributed by atoms with E-state index in [0.29, 0.717) is 12.3 Å². The average molecular weight is 323 g/mol.